The number of nitrogens with zero attached hydrogens (tertiary/aromatic N) is 3. The second-order valence-electron chi connectivity index (χ2n) is 5.14. The highest BCUT2D eigenvalue weighted by Gasteiger charge is 2.30. The minimum absolute atomic E-state index is 0.0140. The molecule has 4 rings (SSSR count). The zero-order chi connectivity index (χ0) is 13.7. The molecule has 0 atom stereocenters. The van der Waals surface area contributed by atoms with Crippen LogP contribution in [0.1, 0.15) is 28.0 Å². The second kappa shape index (κ2) is 4.31. The predicted molar refractivity (Wildman–Crippen MR) is 74.8 cm³/mol. The van der Waals surface area contributed by atoms with E-state index in [0.717, 1.165) is 53.9 Å². The van der Waals surface area contributed by atoms with Gasteiger partial charge in [0.2, 0.25) is 0 Å². The van der Waals surface area contributed by atoms with Crippen LogP contribution in [0.2, 0.25) is 5.15 Å². The van der Waals surface area contributed by atoms with Crippen LogP contribution in [0.3, 0.4) is 0 Å². The van der Waals surface area contributed by atoms with Crippen molar-refractivity contribution in [1.29, 1.82) is 0 Å². The van der Waals surface area contributed by atoms with E-state index >= 15 is 0 Å². The Morgan fingerprint density at radius 1 is 1.30 bits per heavy atom. The van der Waals surface area contributed by atoms with Crippen molar-refractivity contribution in [2.45, 2.75) is 25.8 Å². The van der Waals surface area contributed by atoms with Crippen LogP contribution in [0.5, 0.6) is 0 Å². The van der Waals surface area contributed by atoms with E-state index in [1.807, 2.05) is 10.7 Å². The molecule has 0 unspecified atom stereocenters. The Kier molecular flexibility index (Phi) is 2.57. The Labute approximate surface area is 121 Å². The van der Waals surface area contributed by atoms with Crippen molar-refractivity contribution in [3.63, 3.8) is 0 Å². The van der Waals surface area contributed by atoms with Crippen LogP contribution in [0.15, 0.2) is 12.3 Å². The number of fused-ring (bicyclic) bond motifs is 5. The van der Waals surface area contributed by atoms with Gasteiger partial charge in [-0.25, -0.2) is 4.98 Å². The fourth-order valence-electron chi connectivity index (χ4n) is 3.06. The van der Waals surface area contributed by atoms with Crippen molar-refractivity contribution in [2.75, 3.05) is 6.54 Å². The fourth-order valence-corrected chi connectivity index (χ4v) is 3.31. The molecule has 0 spiro atoms. The van der Waals surface area contributed by atoms with E-state index < -0.39 is 0 Å². The van der Waals surface area contributed by atoms with Crippen LogP contribution in [-0.2, 0) is 19.4 Å². The molecule has 1 N–H and O–H groups in total. The van der Waals surface area contributed by atoms with E-state index in [0.29, 0.717) is 11.7 Å². The first kappa shape index (κ1) is 11.9. The topological polar surface area (TPSA) is 59.8 Å². The van der Waals surface area contributed by atoms with Crippen molar-refractivity contribution in [3.05, 3.63) is 34.2 Å². The van der Waals surface area contributed by atoms with Gasteiger partial charge >= 0.3 is 0 Å². The van der Waals surface area contributed by atoms with Gasteiger partial charge in [0.1, 0.15) is 10.8 Å². The first-order valence-electron chi connectivity index (χ1n) is 6.77. The predicted octanol–water partition coefficient (Wildman–Crippen LogP) is 1.83. The van der Waals surface area contributed by atoms with E-state index in [1.54, 1.807) is 6.20 Å². The molecule has 0 fully saturated rings. The molecule has 0 radical (unpaired) electrons. The number of aryl methyl sites for hydroxylation is 1. The van der Waals surface area contributed by atoms with Gasteiger partial charge in [0.15, 0.2) is 0 Å². The standard InChI is InChI=1S/C14H13ClN4O/c15-13-9-2-3-10-11(8(9)4-6-16-13)18-19-7-1-5-17-14(20)12(10)19/h4,6H,1-3,5,7H2,(H,17,20). The Bertz CT molecular complexity index is 722. The number of halogens is 1. The third-order valence-electron chi connectivity index (χ3n) is 3.98. The maximum absolute atomic E-state index is 12.2. The van der Waals surface area contributed by atoms with Crippen LogP contribution in [0.4, 0.5) is 0 Å². The van der Waals surface area contributed by atoms with Crippen molar-refractivity contribution < 1.29 is 4.79 Å². The Hall–Kier alpha value is -1.88. The summed E-state index contributed by atoms with van der Waals surface area (Å²) in [6.07, 6.45) is 4.20. The van der Waals surface area contributed by atoms with Crippen LogP contribution < -0.4 is 5.32 Å². The summed E-state index contributed by atoms with van der Waals surface area (Å²) in [6, 6.07) is 1.93. The van der Waals surface area contributed by atoms with E-state index in [4.69, 9.17) is 11.6 Å². The monoisotopic (exact) mass is 288 g/mol. The summed E-state index contributed by atoms with van der Waals surface area (Å²) in [6.45, 7) is 1.48. The summed E-state index contributed by atoms with van der Waals surface area (Å²) < 4.78 is 1.84. The molecule has 2 aromatic heterocycles. The van der Waals surface area contributed by atoms with E-state index in [2.05, 4.69) is 15.4 Å². The molecule has 5 nitrogen and oxygen atoms in total. The number of hydrogen-bond acceptors (Lipinski definition) is 3. The number of hydrogen-bond donors (Lipinski definition) is 1. The number of aromatic nitrogens is 3. The zero-order valence-corrected chi connectivity index (χ0v) is 11.6. The average Bonchev–Trinajstić information content (AvgIpc) is 2.73. The molecule has 0 aromatic carbocycles. The molecule has 0 bridgehead atoms. The van der Waals surface area contributed by atoms with Gasteiger partial charge in [0.25, 0.3) is 5.91 Å². The summed E-state index contributed by atoms with van der Waals surface area (Å²) in [7, 11) is 0. The quantitative estimate of drug-likeness (QED) is 0.753. The maximum atomic E-state index is 12.2. The number of carbonyl (C=O) groups is 1. The lowest BCUT2D eigenvalue weighted by Crippen LogP contribution is -2.24. The van der Waals surface area contributed by atoms with E-state index in [9.17, 15) is 4.79 Å². The van der Waals surface area contributed by atoms with Crippen molar-refractivity contribution in [3.8, 4) is 11.3 Å². The zero-order valence-electron chi connectivity index (χ0n) is 10.8. The summed E-state index contributed by atoms with van der Waals surface area (Å²) in [4.78, 5) is 16.3. The third-order valence-corrected chi connectivity index (χ3v) is 4.31. The number of pyridine rings is 1. The highest BCUT2D eigenvalue weighted by atomic mass is 35.5. The van der Waals surface area contributed by atoms with Crippen molar-refractivity contribution in [1.82, 2.24) is 20.1 Å². The molecule has 0 saturated heterocycles. The molecule has 1 amide bonds. The number of rotatable bonds is 0. The largest absolute Gasteiger partial charge is 0.351 e. The smallest absolute Gasteiger partial charge is 0.269 e. The SMILES string of the molecule is O=C1NCCCn2nc3c(c21)CCc1c-3ccnc1Cl. The van der Waals surface area contributed by atoms with Gasteiger partial charge in [-0.3, -0.25) is 9.48 Å². The lowest BCUT2D eigenvalue weighted by molar-refractivity contribution is 0.0949. The lowest BCUT2D eigenvalue weighted by Gasteiger charge is -2.16. The van der Waals surface area contributed by atoms with Crippen molar-refractivity contribution >= 4 is 17.5 Å². The summed E-state index contributed by atoms with van der Waals surface area (Å²) >= 11 is 6.17. The molecule has 20 heavy (non-hydrogen) atoms. The minimum Gasteiger partial charge on any atom is -0.351 e. The van der Waals surface area contributed by atoms with Crippen molar-refractivity contribution in [2.24, 2.45) is 0 Å². The van der Waals surface area contributed by atoms with Crippen LogP contribution in [0.25, 0.3) is 11.3 Å². The molecular weight excluding hydrogens is 276 g/mol. The maximum Gasteiger partial charge on any atom is 0.269 e. The minimum atomic E-state index is -0.0140. The molecule has 3 heterocycles. The highest BCUT2D eigenvalue weighted by Crippen LogP contribution is 2.37. The highest BCUT2D eigenvalue weighted by molar-refractivity contribution is 6.30. The number of carbonyl (C=O) groups excluding carboxylic acids is 1. The van der Waals surface area contributed by atoms with Gasteiger partial charge < -0.3 is 5.32 Å². The van der Waals surface area contributed by atoms with Gasteiger partial charge in [0.05, 0.1) is 5.69 Å². The first-order valence-corrected chi connectivity index (χ1v) is 7.15. The lowest BCUT2D eigenvalue weighted by atomic mass is 9.90. The first-order chi connectivity index (χ1) is 9.75. The number of amides is 1. The molecule has 2 aromatic rings. The van der Waals surface area contributed by atoms with Crippen LogP contribution in [0, 0.1) is 0 Å². The summed E-state index contributed by atoms with van der Waals surface area (Å²) in [5, 5.41) is 8.13. The van der Waals surface area contributed by atoms with E-state index in [1.165, 1.54) is 0 Å². The Morgan fingerprint density at radius 2 is 2.15 bits per heavy atom. The van der Waals surface area contributed by atoms with Crippen LogP contribution in [-0.4, -0.2) is 27.2 Å². The van der Waals surface area contributed by atoms with Gasteiger partial charge in [-0.15, -0.1) is 0 Å². The fraction of sp³-hybridized carbons (Fsp3) is 0.357. The third kappa shape index (κ3) is 1.59. The molecule has 6 heteroatoms. The summed E-state index contributed by atoms with van der Waals surface area (Å²) in [5.74, 6) is -0.0140. The number of nitrogens with one attached hydrogen (secondary N) is 1. The summed E-state index contributed by atoms with van der Waals surface area (Å²) in [5.41, 5.74) is 4.70. The normalized spacial score (nSPS) is 16.8. The molecule has 1 aliphatic heterocycles. The van der Waals surface area contributed by atoms with Gasteiger partial charge in [-0.05, 0) is 30.9 Å². The molecule has 2 aliphatic rings. The molecule has 0 saturated carbocycles. The second-order valence-corrected chi connectivity index (χ2v) is 5.49. The van der Waals surface area contributed by atoms with Gasteiger partial charge in [-0.2, -0.15) is 5.10 Å². The molecule has 102 valence electrons. The van der Waals surface area contributed by atoms with Gasteiger partial charge in [-0.1, -0.05) is 11.6 Å². The molecular formula is C14H13ClN4O. The van der Waals surface area contributed by atoms with E-state index in [-0.39, 0.29) is 5.91 Å². The molecule has 1 aliphatic carbocycles. The average molecular weight is 289 g/mol. The Balaban J connectivity index is 1.96. The Morgan fingerprint density at radius 3 is 3.05 bits per heavy atom. The van der Waals surface area contributed by atoms with Gasteiger partial charge in [0, 0.05) is 30.4 Å². The van der Waals surface area contributed by atoms with Crippen LogP contribution >= 0.6 is 11.6 Å².